The molecule has 0 fully saturated rings. The summed E-state index contributed by atoms with van der Waals surface area (Å²) in [6.07, 6.45) is 1.74. The number of nitriles is 1. The fraction of sp³-hybridized carbons (Fsp3) is 0.0625. The molecular weight excluding hydrogens is 362 g/mol. The summed E-state index contributed by atoms with van der Waals surface area (Å²) in [6.45, 7) is 2.01. The lowest BCUT2D eigenvalue weighted by molar-refractivity contribution is 0.409. The van der Waals surface area contributed by atoms with Crippen LogP contribution in [0.1, 0.15) is 16.3 Å². The molecule has 0 aliphatic carbocycles. The maximum Gasteiger partial charge on any atom is 0.268 e. The van der Waals surface area contributed by atoms with Gasteiger partial charge in [0.2, 0.25) is 5.82 Å². The minimum Gasteiger partial charge on any atom is -0.333 e. The zero-order valence-electron chi connectivity index (χ0n) is 11.6. The molecule has 0 N–H and O–H groups in total. The highest BCUT2D eigenvalue weighted by Crippen LogP contribution is 2.25. The van der Waals surface area contributed by atoms with Gasteiger partial charge in [-0.1, -0.05) is 35.0 Å². The van der Waals surface area contributed by atoms with Crippen molar-refractivity contribution >= 4 is 38.9 Å². The molecule has 2 aromatic heterocycles. The fourth-order valence-corrected chi connectivity index (χ4v) is 3.22. The van der Waals surface area contributed by atoms with Crippen LogP contribution >= 0.6 is 27.3 Å². The number of halogens is 1. The van der Waals surface area contributed by atoms with Gasteiger partial charge in [0.25, 0.3) is 5.89 Å². The summed E-state index contributed by atoms with van der Waals surface area (Å²) in [4.78, 5) is 5.25. The Morgan fingerprint density at radius 2 is 2.14 bits per heavy atom. The Morgan fingerprint density at radius 1 is 1.36 bits per heavy atom. The number of aromatic nitrogens is 2. The maximum absolute atomic E-state index is 9.31. The predicted octanol–water partition coefficient (Wildman–Crippen LogP) is 4.93. The molecule has 0 bridgehead atoms. The normalized spacial score (nSPS) is 11.4. The number of benzene rings is 1. The quantitative estimate of drug-likeness (QED) is 0.612. The van der Waals surface area contributed by atoms with E-state index in [1.807, 2.05) is 42.6 Å². The van der Waals surface area contributed by atoms with Crippen molar-refractivity contribution in [1.82, 2.24) is 10.1 Å². The smallest absolute Gasteiger partial charge is 0.268 e. The molecule has 0 spiro atoms. The minimum atomic E-state index is 0.225. The van der Waals surface area contributed by atoms with E-state index in [2.05, 4.69) is 32.1 Å². The second kappa shape index (κ2) is 6.26. The summed E-state index contributed by atoms with van der Waals surface area (Å²) in [5.41, 5.74) is 2.37. The van der Waals surface area contributed by atoms with E-state index in [4.69, 9.17) is 4.52 Å². The van der Waals surface area contributed by atoms with E-state index < -0.39 is 0 Å². The van der Waals surface area contributed by atoms with Crippen LogP contribution in [0.4, 0.5) is 0 Å². The zero-order chi connectivity index (χ0) is 15.5. The maximum atomic E-state index is 9.31. The molecule has 0 atom stereocenters. The van der Waals surface area contributed by atoms with Crippen LogP contribution in [0, 0.1) is 18.3 Å². The molecule has 0 saturated carbocycles. The van der Waals surface area contributed by atoms with Gasteiger partial charge in [-0.05, 0) is 35.0 Å². The summed E-state index contributed by atoms with van der Waals surface area (Å²) < 4.78 is 6.20. The highest BCUT2D eigenvalue weighted by molar-refractivity contribution is 9.10. The molecule has 0 saturated heterocycles. The standard InChI is InChI=1S/C16H10BrN3OS/c1-10-2-4-11(5-3-10)15-19-16(21-20-15)12(8-18)6-14-7-13(17)9-22-14/h2-7,9H,1H3/b12-6+. The van der Waals surface area contributed by atoms with E-state index in [9.17, 15) is 5.26 Å². The Labute approximate surface area is 139 Å². The Bertz CT molecular complexity index is 871. The summed E-state index contributed by atoms with van der Waals surface area (Å²) in [5.74, 6) is 0.700. The average molecular weight is 372 g/mol. The van der Waals surface area contributed by atoms with Crippen LogP contribution in [-0.4, -0.2) is 10.1 Å². The molecule has 0 unspecified atom stereocenters. The lowest BCUT2D eigenvalue weighted by Gasteiger charge is -1.94. The molecule has 0 aliphatic heterocycles. The summed E-state index contributed by atoms with van der Waals surface area (Å²) in [7, 11) is 0. The molecule has 108 valence electrons. The second-order valence-electron chi connectivity index (χ2n) is 4.63. The van der Waals surface area contributed by atoms with Gasteiger partial charge < -0.3 is 4.52 Å². The molecule has 3 aromatic rings. The van der Waals surface area contributed by atoms with Gasteiger partial charge in [0.1, 0.15) is 11.6 Å². The molecule has 0 radical (unpaired) electrons. The van der Waals surface area contributed by atoms with Crippen molar-refractivity contribution in [2.24, 2.45) is 0 Å². The van der Waals surface area contributed by atoms with Crippen molar-refractivity contribution in [2.45, 2.75) is 6.92 Å². The molecule has 1 aromatic carbocycles. The largest absolute Gasteiger partial charge is 0.333 e. The Hall–Kier alpha value is -2.23. The van der Waals surface area contributed by atoms with Crippen molar-refractivity contribution in [1.29, 1.82) is 5.26 Å². The van der Waals surface area contributed by atoms with Gasteiger partial charge in [-0.2, -0.15) is 10.2 Å². The van der Waals surface area contributed by atoms with E-state index in [0.29, 0.717) is 11.4 Å². The molecule has 6 heteroatoms. The molecule has 2 heterocycles. The minimum absolute atomic E-state index is 0.225. The van der Waals surface area contributed by atoms with Crippen LogP contribution in [0.15, 0.2) is 44.7 Å². The number of hydrogen-bond donors (Lipinski definition) is 0. The molecule has 0 aliphatic rings. The highest BCUT2D eigenvalue weighted by atomic mass is 79.9. The number of rotatable bonds is 3. The number of nitrogens with zero attached hydrogens (tertiary/aromatic N) is 3. The monoisotopic (exact) mass is 371 g/mol. The third-order valence-corrected chi connectivity index (χ3v) is 4.60. The van der Waals surface area contributed by atoms with Crippen LogP contribution in [0.5, 0.6) is 0 Å². The topological polar surface area (TPSA) is 62.7 Å². The van der Waals surface area contributed by atoms with Crippen molar-refractivity contribution in [3.8, 4) is 17.5 Å². The van der Waals surface area contributed by atoms with E-state index in [1.165, 1.54) is 11.3 Å². The van der Waals surface area contributed by atoms with Crippen LogP contribution in [0.2, 0.25) is 0 Å². The van der Waals surface area contributed by atoms with Crippen molar-refractivity contribution in [3.63, 3.8) is 0 Å². The summed E-state index contributed by atoms with van der Waals surface area (Å²) in [5, 5.41) is 15.2. The SMILES string of the molecule is Cc1ccc(-c2noc(/C(C#N)=C/c3cc(Br)cs3)n2)cc1. The Morgan fingerprint density at radius 3 is 2.77 bits per heavy atom. The van der Waals surface area contributed by atoms with Gasteiger partial charge in [-0.15, -0.1) is 11.3 Å². The highest BCUT2D eigenvalue weighted by Gasteiger charge is 2.13. The van der Waals surface area contributed by atoms with Crippen molar-refractivity contribution in [3.05, 3.63) is 56.5 Å². The predicted molar refractivity (Wildman–Crippen MR) is 90.0 cm³/mol. The molecule has 22 heavy (non-hydrogen) atoms. The zero-order valence-corrected chi connectivity index (χ0v) is 14.0. The van der Waals surface area contributed by atoms with Crippen LogP contribution in [-0.2, 0) is 0 Å². The number of thiophene rings is 1. The van der Waals surface area contributed by atoms with E-state index in [0.717, 1.165) is 20.5 Å². The van der Waals surface area contributed by atoms with Gasteiger partial charge in [-0.3, -0.25) is 0 Å². The second-order valence-corrected chi connectivity index (χ2v) is 6.48. The van der Waals surface area contributed by atoms with Gasteiger partial charge in [0, 0.05) is 20.3 Å². The van der Waals surface area contributed by atoms with Gasteiger partial charge >= 0.3 is 0 Å². The first-order chi connectivity index (χ1) is 10.7. The Balaban J connectivity index is 1.93. The summed E-state index contributed by atoms with van der Waals surface area (Å²) in [6, 6.07) is 11.9. The van der Waals surface area contributed by atoms with Crippen LogP contribution in [0.25, 0.3) is 23.0 Å². The third-order valence-electron chi connectivity index (χ3n) is 2.96. The van der Waals surface area contributed by atoms with Gasteiger partial charge in [0.05, 0.1) is 0 Å². The first-order valence-corrected chi connectivity index (χ1v) is 8.10. The first-order valence-electron chi connectivity index (χ1n) is 6.42. The Kier molecular flexibility index (Phi) is 4.18. The van der Waals surface area contributed by atoms with Gasteiger partial charge in [0.15, 0.2) is 0 Å². The summed E-state index contributed by atoms with van der Waals surface area (Å²) >= 11 is 4.92. The van der Waals surface area contributed by atoms with E-state index >= 15 is 0 Å². The van der Waals surface area contributed by atoms with Gasteiger partial charge in [-0.25, -0.2) is 0 Å². The fourth-order valence-electron chi connectivity index (χ4n) is 1.84. The third kappa shape index (κ3) is 3.16. The lowest BCUT2D eigenvalue weighted by atomic mass is 10.1. The lowest BCUT2D eigenvalue weighted by Crippen LogP contribution is -1.83. The molecule has 3 rings (SSSR count). The molecule has 4 nitrogen and oxygen atoms in total. The van der Waals surface area contributed by atoms with Crippen molar-refractivity contribution in [2.75, 3.05) is 0 Å². The number of allylic oxidation sites excluding steroid dienone is 1. The molecule has 0 amide bonds. The number of hydrogen-bond acceptors (Lipinski definition) is 5. The van der Waals surface area contributed by atoms with Crippen LogP contribution < -0.4 is 0 Å². The van der Waals surface area contributed by atoms with Crippen molar-refractivity contribution < 1.29 is 4.52 Å². The number of aryl methyl sites for hydroxylation is 1. The van der Waals surface area contributed by atoms with E-state index in [-0.39, 0.29) is 5.89 Å². The average Bonchev–Trinajstić information content (AvgIpc) is 3.15. The molecular formula is C16H10BrN3OS. The first kappa shape index (κ1) is 14.7. The van der Waals surface area contributed by atoms with E-state index in [1.54, 1.807) is 6.08 Å². The van der Waals surface area contributed by atoms with Crippen LogP contribution in [0.3, 0.4) is 0 Å².